The maximum absolute atomic E-state index is 10.9. The first-order valence-electron chi connectivity index (χ1n) is 7.70. The van der Waals surface area contributed by atoms with Crippen LogP contribution in [0.2, 0.25) is 5.02 Å². The summed E-state index contributed by atoms with van der Waals surface area (Å²) in [6.07, 6.45) is 0. The predicted octanol–water partition coefficient (Wildman–Crippen LogP) is 1.99. The molecule has 7 heteroatoms. The van der Waals surface area contributed by atoms with E-state index in [4.69, 9.17) is 31.9 Å². The van der Waals surface area contributed by atoms with Gasteiger partial charge in [0.15, 0.2) is 18.1 Å². The van der Waals surface area contributed by atoms with Crippen LogP contribution in [-0.4, -0.2) is 24.7 Å². The maximum atomic E-state index is 10.9. The minimum Gasteiger partial charge on any atom is -0.493 e. The molecule has 0 saturated heterocycles. The van der Waals surface area contributed by atoms with Gasteiger partial charge in [-0.1, -0.05) is 35.9 Å². The minimum atomic E-state index is -0.589. The molecule has 25 heavy (non-hydrogen) atoms. The quantitative estimate of drug-likeness (QED) is 0.632. The number of aliphatic hydroxyl groups excluding tert-OH is 1. The van der Waals surface area contributed by atoms with Gasteiger partial charge in [0.2, 0.25) is 0 Å². The van der Waals surface area contributed by atoms with Crippen molar-refractivity contribution < 1.29 is 19.4 Å². The summed E-state index contributed by atoms with van der Waals surface area (Å²) in [5.41, 5.74) is 7.94. The van der Waals surface area contributed by atoms with Crippen molar-refractivity contribution >= 4 is 17.5 Å². The van der Waals surface area contributed by atoms with E-state index in [0.29, 0.717) is 29.6 Å². The zero-order valence-corrected chi connectivity index (χ0v) is 14.7. The number of benzene rings is 2. The molecule has 0 unspecified atom stereocenters. The van der Waals surface area contributed by atoms with E-state index < -0.39 is 5.91 Å². The molecule has 0 aliphatic heterocycles. The van der Waals surface area contributed by atoms with Crippen molar-refractivity contribution in [2.75, 3.05) is 13.7 Å². The van der Waals surface area contributed by atoms with Crippen molar-refractivity contribution in [3.8, 4) is 11.5 Å². The van der Waals surface area contributed by atoms with E-state index in [1.165, 1.54) is 7.11 Å². The lowest BCUT2D eigenvalue weighted by Gasteiger charge is -2.14. The Morgan fingerprint density at radius 2 is 1.92 bits per heavy atom. The van der Waals surface area contributed by atoms with Crippen molar-refractivity contribution in [3.63, 3.8) is 0 Å². The highest BCUT2D eigenvalue weighted by Gasteiger charge is 2.13. The number of ether oxygens (including phenoxy) is 2. The predicted molar refractivity (Wildman–Crippen MR) is 95.6 cm³/mol. The number of rotatable bonds is 9. The third kappa shape index (κ3) is 5.63. The first-order valence-corrected chi connectivity index (χ1v) is 8.08. The van der Waals surface area contributed by atoms with Gasteiger partial charge in [0.1, 0.15) is 0 Å². The standard InChI is InChI=1S/C18H21ClN2O4/c1-24-16-7-14(6-15(19)18(16)25-11-17(20)23)9-21-8-12-3-2-4-13(5-12)10-22/h2-7,21-22H,8-11H2,1H3,(H2,20,23). The minimum absolute atomic E-state index is 0.0212. The van der Waals surface area contributed by atoms with Gasteiger partial charge >= 0.3 is 0 Å². The van der Waals surface area contributed by atoms with Crippen molar-refractivity contribution in [2.24, 2.45) is 5.73 Å². The van der Waals surface area contributed by atoms with Gasteiger partial charge in [-0.25, -0.2) is 0 Å². The van der Waals surface area contributed by atoms with Crippen molar-refractivity contribution in [3.05, 3.63) is 58.1 Å². The summed E-state index contributed by atoms with van der Waals surface area (Å²) in [6.45, 7) is 0.964. The summed E-state index contributed by atoms with van der Waals surface area (Å²) in [7, 11) is 1.50. The smallest absolute Gasteiger partial charge is 0.255 e. The summed E-state index contributed by atoms with van der Waals surface area (Å²) in [6, 6.07) is 11.3. The molecule has 134 valence electrons. The Hall–Kier alpha value is -2.28. The number of primary amides is 1. The van der Waals surface area contributed by atoms with Crippen LogP contribution in [0.4, 0.5) is 0 Å². The number of amides is 1. The number of carbonyl (C=O) groups excluding carboxylic acids is 1. The molecule has 1 amide bonds. The first kappa shape index (κ1) is 19.1. The zero-order chi connectivity index (χ0) is 18.2. The molecule has 0 heterocycles. The van der Waals surface area contributed by atoms with Gasteiger partial charge in [0.05, 0.1) is 18.7 Å². The summed E-state index contributed by atoms with van der Waals surface area (Å²) >= 11 is 6.22. The topological polar surface area (TPSA) is 93.8 Å². The fourth-order valence-electron chi connectivity index (χ4n) is 2.35. The molecular weight excluding hydrogens is 344 g/mol. The maximum Gasteiger partial charge on any atom is 0.255 e. The SMILES string of the molecule is COc1cc(CNCc2cccc(CO)c2)cc(Cl)c1OCC(N)=O. The third-order valence-corrected chi connectivity index (χ3v) is 3.76. The van der Waals surface area contributed by atoms with E-state index in [2.05, 4.69) is 5.32 Å². The van der Waals surface area contributed by atoms with Gasteiger partial charge in [0.25, 0.3) is 5.91 Å². The second-order valence-electron chi connectivity index (χ2n) is 5.45. The molecule has 0 bridgehead atoms. The summed E-state index contributed by atoms with van der Waals surface area (Å²) < 4.78 is 10.6. The number of carbonyl (C=O) groups is 1. The number of nitrogens with two attached hydrogens (primary N) is 1. The average molecular weight is 365 g/mol. The molecule has 2 aromatic rings. The molecule has 0 aromatic heterocycles. The van der Waals surface area contributed by atoms with E-state index in [-0.39, 0.29) is 13.2 Å². The molecular formula is C18H21ClN2O4. The number of hydrogen-bond donors (Lipinski definition) is 3. The van der Waals surface area contributed by atoms with Gasteiger partial charge in [-0.05, 0) is 28.8 Å². The van der Waals surface area contributed by atoms with E-state index in [9.17, 15) is 4.79 Å². The second-order valence-corrected chi connectivity index (χ2v) is 5.85. The van der Waals surface area contributed by atoms with Crippen LogP contribution in [0.15, 0.2) is 36.4 Å². The zero-order valence-electron chi connectivity index (χ0n) is 13.9. The molecule has 6 nitrogen and oxygen atoms in total. The highest BCUT2D eigenvalue weighted by atomic mass is 35.5. The van der Waals surface area contributed by atoms with E-state index in [1.807, 2.05) is 24.3 Å². The summed E-state index contributed by atoms with van der Waals surface area (Å²) in [5, 5.41) is 12.8. The lowest BCUT2D eigenvalue weighted by atomic mass is 10.1. The summed E-state index contributed by atoms with van der Waals surface area (Å²) in [4.78, 5) is 10.9. The molecule has 0 aliphatic carbocycles. The first-order chi connectivity index (χ1) is 12.0. The Morgan fingerprint density at radius 3 is 2.60 bits per heavy atom. The van der Waals surface area contributed by atoms with E-state index in [0.717, 1.165) is 16.7 Å². The molecule has 2 rings (SSSR count). The van der Waals surface area contributed by atoms with E-state index >= 15 is 0 Å². The molecule has 0 aliphatic rings. The Morgan fingerprint density at radius 1 is 1.20 bits per heavy atom. The summed E-state index contributed by atoms with van der Waals surface area (Å²) in [5.74, 6) is 0.143. The second kappa shape index (κ2) is 9.27. The molecule has 0 atom stereocenters. The molecule has 4 N–H and O–H groups in total. The largest absolute Gasteiger partial charge is 0.493 e. The fraction of sp³-hybridized carbons (Fsp3) is 0.278. The number of aliphatic hydroxyl groups is 1. The monoisotopic (exact) mass is 364 g/mol. The van der Waals surface area contributed by atoms with E-state index in [1.54, 1.807) is 12.1 Å². The third-order valence-electron chi connectivity index (χ3n) is 3.48. The Balaban J connectivity index is 2.02. The van der Waals surface area contributed by atoms with Crippen LogP contribution in [0.1, 0.15) is 16.7 Å². The molecule has 2 aromatic carbocycles. The van der Waals surface area contributed by atoms with Crippen molar-refractivity contribution in [2.45, 2.75) is 19.7 Å². The van der Waals surface area contributed by atoms with Gasteiger partial charge in [-0.15, -0.1) is 0 Å². The highest BCUT2D eigenvalue weighted by molar-refractivity contribution is 6.32. The van der Waals surface area contributed by atoms with Gasteiger partial charge in [0, 0.05) is 13.1 Å². The Labute approximate surface area is 151 Å². The normalized spacial score (nSPS) is 10.5. The van der Waals surface area contributed by atoms with Gasteiger partial charge in [-0.2, -0.15) is 0 Å². The molecule has 0 fully saturated rings. The number of methoxy groups -OCH3 is 1. The van der Waals surface area contributed by atoms with Gasteiger partial charge in [-0.3, -0.25) is 4.79 Å². The number of halogens is 1. The Kier molecular flexibility index (Phi) is 7.06. The average Bonchev–Trinajstić information content (AvgIpc) is 2.60. The van der Waals surface area contributed by atoms with Gasteiger partial charge < -0.3 is 25.6 Å². The van der Waals surface area contributed by atoms with Crippen LogP contribution in [0, 0.1) is 0 Å². The fourth-order valence-corrected chi connectivity index (χ4v) is 2.64. The number of nitrogens with one attached hydrogen (secondary N) is 1. The molecule has 0 radical (unpaired) electrons. The molecule has 0 spiro atoms. The molecule has 0 saturated carbocycles. The lowest BCUT2D eigenvalue weighted by Crippen LogP contribution is -2.20. The Bertz CT molecular complexity index is 737. The van der Waals surface area contributed by atoms with Crippen molar-refractivity contribution in [1.29, 1.82) is 0 Å². The van der Waals surface area contributed by atoms with Crippen LogP contribution in [0.25, 0.3) is 0 Å². The number of hydrogen-bond acceptors (Lipinski definition) is 5. The highest BCUT2D eigenvalue weighted by Crippen LogP contribution is 2.36. The van der Waals surface area contributed by atoms with Crippen LogP contribution in [0.5, 0.6) is 11.5 Å². The van der Waals surface area contributed by atoms with Crippen LogP contribution in [0.3, 0.4) is 0 Å². The van der Waals surface area contributed by atoms with Crippen LogP contribution < -0.4 is 20.5 Å². The lowest BCUT2D eigenvalue weighted by molar-refractivity contribution is -0.119. The van der Waals surface area contributed by atoms with Crippen molar-refractivity contribution in [1.82, 2.24) is 5.32 Å². The van der Waals surface area contributed by atoms with Crippen LogP contribution >= 0.6 is 11.6 Å². The van der Waals surface area contributed by atoms with Crippen LogP contribution in [-0.2, 0) is 24.5 Å².